The molecule has 3 heteroatoms. The molecule has 0 radical (unpaired) electrons. The van der Waals surface area contributed by atoms with E-state index in [1.165, 1.54) is 5.56 Å². The van der Waals surface area contributed by atoms with E-state index in [1.807, 2.05) is 19.1 Å². The van der Waals surface area contributed by atoms with Crippen molar-refractivity contribution >= 4 is 11.6 Å². The van der Waals surface area contributed by atoms with E-state index in [2.05, 4.69) is 11.4 Å². The second-order valence-corrected chi connectivity index (χ2v) is 3.46. The number of nitrogens with two attached hydrogens (primary N) is 1. The van der Waals surface area contributed by atoms with Gasteiger partial charge in [0.1, 0.15) is 0 Å². The van der Waals surface area contributed by atoms with Gasteiger partial charge in [-0.1, -0.05) is 23.7 Å². The van der Waals surface area contributed by atoms with Gasteiger partial charge in [-0.15, -0.1) is 0 Å². The van der Waals surface area contributed by atoms with Gasteiger partial charge in [0, 0.05) is 24.7 Å². The summed E-state index contributed by atoms with van der Waals surface area (Å²) in [6.45, 7) is 4.39. The number of aryl methyl sites for hydroxylation is 1. The zero-order valence-corrected chi connectivity index (χ0v) is 8.56. The largest absolute Gasteiger partial charge is 0.329 e. The highest BCUT2D eigenvalue weighted by molar-refractivity contribution is 6.31. The van der Waals surface area contributed by atoms with Crippen molar-refractivity contribution in [3.05, 3.63) is 34.3 Å². The van der Waals surface area contributed by atoms with Crippen molar-refractivity contribution in [2.75, 3.05) is 13.1 Å². The molecule has 2 nitrogen and oxygen atoms in total. The Balaban J connectivity index is 2.53. The number of nitrogens with one attached hydrogen (secondary N) is 1. The van der Waals surface area contributed by atoms with E-state index in [1.54, 1.807) is 0 Å². The Morgan fingerprint density at radius 1 is 1.46 bits per heavy atom. The maximum atomic E-state index is 5.90. The number of benzene rings is 1. The third-order valence-corrected chi connectivity index (χ3v) is 2.30. The molecule has 0 heterocycles. The van der Waals surface area contributed by atoms with Gasteiger partial charge in [-0.3, -0.25) is 0 Å². The normalized spacial score (nSPS) is 10.4. The third-order valence-electron chi connectivity index (χ3n) is 1.87. The highest BCUT2D eigenvalue weighted by atomic mass is 35.5. The molecule has 72 valence electrons. The molecule has 0 saturated heterocycles. The van der Waals surface area contributed by atoms with E-state index in [0.29, 0.717) is 6.54 Å². The topological polar surface area (TPSA) is 38.0 Å². The van der Waals surface area contributed by atoms with Crippen LogP contribution in [0.3, 0.4) is 0 Å². The minimum atomic E-state index is 0.673. The Labute approximate surface area is 84.1 Å². The van der Waals surface area contributed by atoms with Crippen molar-refractivity contribution in [1.29, 1.82) is 0 Å². The SMILES string of the molecule is Cc1cc(CNCCN)ccc1Cl. The Morgan fingerprint density at radius 3 is 2.85 bits per heavy atom. The van der Waals surface area contributed by atoms with Crippen LogP contribution < -0.4 is 11.1 Å². The minimum absolute atomic E-state index is 0.673. The summed E-state index contributed by atoms with van der Waals surface area (Å²) in [4.78, 5) is 0. The Bertz CT molecular complexity index is 274. The van der Waals surface area contributed by atoms with Crippen LogP contribution in [0.5, 0.6) is 0 Å². The molecule has 1 aromatic rings. The average Bonchev–Trinajstić information content (AvgIpc) is 2.12. The van der Waals surface area contributed by atoms with Gasteiger partial charge in [0.25, 0.3) is 0 Å². The quantitative estimate of drug-likeness (QED) is 0.723. The van der Waals surface area contributed by atoms with Crippen molar-refractivity contribution in [3.63, 3.8) is 0 Å². The fourth-order valence-corrected chi connectivity index (χ4v) is 1.27. The molecule has 0 aliphatic heterocycles. The summed E-state index contributed by atoms with van der Waals surface area (Å²) in [5.41, 5.74) is 7.73. The second-order valence-electron chi connectivity index (χ2n) is 3.05. The van der Waals surface area contributed by atoms with E-state index in [0.717, 1.165) is 23.7 Å². The molecule has 0 fully saturated rings. The molecule has 1 rings (SSSR count). The monoisotopic (exact) mass is 198 g/mol. The summed E-state index contributed by atoms with van der Waals surface area (Å²) >= 11 is 5.90. The van der Waals surface area contributed by atoms with Crippen LogP contribution in [0.1, 0.15) is 11.1 Å². The number of rotatable bonds is 4. The van der Waals surface area contributed by atoms with Crippen molar-refractivity contribution in [3.8, 4) is 0 Å². The van der Waals surface area contributed by atoms with Gasteiger partial charge in [-0.05, 0) is 24.1 Å². The van der Waals surface area contributed by atoms with Crippen LogP contribution in [0.2, 0.25) is 5.02 Å². The summed E-state index contributed by atoms with van der Waals surface area (Å²) in [7, 11) is 0. The molecule has 0 aromatic heterocycles. The van der Waals surface area contributed by atoms with Gasteiger partial charge < -0.3 is 11.1 Å². The van der Waals surface area contributed by atoms with Crippen LogP contribution >= 0.6 is 11.6 Å². The summed E-state index contributed by atoms with van der Waals surface area (Å²) < 4.78 is 0. The van der Waals surface area contributed by atoms with E-state index in [9.17, 15) is 0 Å². The summed E-state index contributed by atoms with van der Waals surface area (Å²) in [6.07, 6.45) is 0. The van der Waals surface area contributed by atoms with Crippen LogP contribution in [0.15, 0.2) is 18.2 Å². The molecule has 0 aliphatic rings. The van der Waals surface area contributed by atoms with Crippen molar-refractivity contribution in [1.82, 2.24) is 5.32 Å². The average molecular weight is 199 g/mol. The van der Waals surface area contributed by atoms with E-state index in [-0.39, 0.29) is 0 Å². The summed E-state index contributed by atoms with van der Waals surface area (Å²) in [6, 6.07) is 6.04. The molecule has 0 spiro atoms. The molecule has 0 saturated carbocycles. The lowest BCUT2D eigenvalue weighted by atomic mass is 10.1. The lowest BCUT2D eigenvalue weighted by Gasteiger charge is -2.05. The maximum Gasteiger partial charge on any atom is 0.0435 e. The van der Waals surface area contributed by atoms with Gasteiger partial charge in [0.2, 0.25) is 0 Å². The van der Waals surface area contributed by atoms with Gasteiger partial charge >= 0.3 is 0 Å². The van der Waals surface area contributed by atoms with Gasteiger partial charge in [-0.2, -0.15) is 0 Å². The van der Waals surface area contributed by atoms with Gasteiger partial charge in [0.05, 0.1) is 0 Å². The zero-order valence-electron chi connectivity index (χ0n) is 7.81. The second kappa shape index (κ2) is 5.22. The Hall–Kier alpha value is -0.570. The Kier molecular flexibility index (Phi) is 4.22. The molecule has 0 amide bonds. The van der Waals surface area contributed by atoms with E-state index >= 15 is 0 Å². The summed E-state index contributed by atoms with van der Waals surface area (Å²) in [5, 5.41) is 4.05. The summed E-state index contributed by atoms with van der Waals surface area (Å²) in [5.74, 6) is 0. The van der Waals surface area contributed by atoms with Crippen LogP contribution in [0.4, 0.5) is 0 Å². The predicted octanol–water partition coefficient (Wildman–Crippen LogP) is 1.70. The molecular weight excluding hydrogens is 184 g/mol. The third kappa shape index (κ3) is 3.35. The first-order valence-electron chi connectivity index (χ1n) is 4.40. The van der Waals surface area contributed by atoms with E-state index in [4.69, 9.17) is 17.3 Å². The lowest BCUT2D eigenvalue weighted by molar-refractivity contribution is 0.694. The highest BCUT2D eigenvalue weighted by Crippen LogP contribution is 2.15. The molecule has 0 unspecified atom stereocenters. The maximum absolute atomic E-state index is 5.90. The fraction of sp³-hybridized carbons (Fsp3) is 0.400. The molecule has 13 heavy (non-hydrogen) atoms. The highest BCUT2D eigenvalue weighted by Gasteiger charge is 1.96. The Morgan fingerprint density at radius 2 is 2.23 bits per heavy atom. The molecule has 1 aromatic carbocycles. The molecule has 0 aliphatic carbocycles. The van der Waals surface area contributed by atoms with Crippen LogP contribution in [0.25, 0.3) is 0 Å². The molecular formula is C10H15ClN2. The van der Waals surface area contributed by atoms with Crippen LogP contribution in [-0.4, -0.2) is 13.1 Å². The molecule has 0 atom stereocenters. The lowest BCUT2D eigenvalue weighted by Crippen LogP contribution is -2.21. The number of halogens is 1. The van der Waals surface area contributed by atoms with E-state index < -0.39 is 0 Å². The first kappa shape index (κ1) is 10.5. The first-order valence-corrected chi connectivity index (χ1v) is 4.77. The van der Waals surface area contributed by atoms with Gasteiger partial charge in [0.15, 0.2) is 0 Å². The van der Waals surface area contributed by atoms with Crippen molar-refractivity contribution in [2.45, 2.75) is 13.5 Å². The minimum Gasteiger partial charge on any atom is -0.329 e. The van der Waals surface area contributed by atoms with Crippen LogP contribution in [0, 0.1) is 6.92 Å². The number of hydrogen-bond acceptors (Lipinski definition) is 2. The molecule has 3 N–H and O–H groups in total. The molecule has 0 bridgehead atoms. The fourth-order valence-electron chi connectivity index (χ4n) is 1.15. The smallest absolute Gasteiger partial charge is 0.0435 e. The number of hydrogen-bond donors (Lipinski definition) is 2. The van der Waals surface area contributed by atoms with Gasteiger partial charge in [-0.25, -0.2) is 0 Å². The predicted molar refractivity (Wildman–Crippen MR) is 57.0 cm³/mol. The first-order chi connectivity index (χ1) is 6.24. The van der Waals surface area contributed by atoms with Crippen molar-refractivity contribution in [2.24, 2.45) is 5.73 Å². The van der Waals surface area contributed by atoms with Crippen LogP contribution in [-0.2, 0) is 6.54 Å². The standard InChI is InChI=1S/C10H15ClN2/c1-8-6-9(2-3-10(8)11)7-13-5-4-12/h2-3,6,13H,4-5,7,12H2,1H3. The zero-order chi connectivity index (χ0) is 9.68. The van der Waals surface area contributed by atoms with Crippen molar-refractivity contribution < 1.29 is 0 Å².